The van der Waals surface area contributed by atoms with Crippen molar-refractivity contribution in [1.82, 2.24) is 9.66 Å². The van der Waals surface area contributed by atoms with Gasteiger partial charge in [-0.15, -0.1) is 0 Å². The van der Waals surface area contributed by atoms with Gasteiger partial charge in [0.1, 0.15) is 5.58 Å². The second-order valence-electron chi connectivity index (χ2n) is 8.55. The third kappa shape index (κ3) is 4.85. The van der Waals surface area contributed by atoms with Crippen molar-refractivity contribution >= 4 is 57.0 Å². The van der Waals surface area contributed by atoms with E-state index in [2.05, 4.69) is 10.1 Å². The van der Waals surface area contributed by atoms with Crippen LogP contribution in [0.3, 0.4) is 0 Å². The van der Waals surface area contributed by atoms with Crippen molar-refractivity contribution in [2.45, 2.75) is 26.4 Å². The Hall–Kier alpha value is -4.21. The summed E-state index contributed by atoms with van der Waals surface area (Å²) in [5.41, 5.74) is 0.556. The molecule has 0 radical (unpaired) electrons. The summed E-state index contributed by atoms with van der Waals surface area (Å²) in [6, 6.07) is 16.5. The molecular formula is C27H20Cl2N4O5. The van der Waals surface area contributed by atoms with E-state index in [4.69, 9.17) is 32.4 Å². The molecule has 0 N–H and O–H groups in total. The van der Waals surface area contributed by atoms with Crippen LogP contribution < -0.4 is 10.3 Å². The van der Waals surface area contributed by atoms with Gasteiger partial charge < -0.3 is 9.15 Å². The monoisotopic (exact) mass is 550 g/mol. The molecule has 0 aliphatic carbocycles. The predicted molar refractivity (Wildman–Crippen MR) is 148 cm³/mol. The van der Waals surface area contributed by atoms with Gasteiger partial charge in [-0.2, -0.15) is 9.78 Å². The zero-order valence-electron chi connectivity index (χ0n) is 20.2. The van der Waals surface area contributed by atoms with Crippen LogP contribution in [-0.4, -0.2) is 26.9 Å². The van der Waals surface area contributed by atoms with Crippen molar-refractivity contribution in [2.75, 3.05) is 0 Å². The van der Waals surface area contributed by atoms with Gasteiger partial charge >= 0.3 is 5.69 Å². The van der Waals surface area contributed by atoms with Crippen LogP contribution in [0, 0.1) is 10.1 Å². The van der Waals surface area contributed by atoms with Gasteiger partial charge in [0.05, 0.1) is 33.2 Å². The minimum absolute atomic E-state index is 0.0191. The summed E-state index contributed by atoms with van der Waals surface area (Å²) < 4.78 is 12.7. The number of hydrogen-bond acceptors (Lipinski definition) is 7. The Morgan fingerprint density at radius 2 is 1.97 bits per heavy atom. The van der Waals surface area contributed by atoms with Crippen molar-refractivity contribution in [2.24, 2.45) is 5.10 Å². The van der Waals surface area contributed by atoms with E-state index in [0.29, 0.717) is 39.3 Å². The minimum atomic E-state index is -0.574. The Bertz CT molecular complexity index is 1790. The van der Waals surface area contributed by atoms with Crippen LogP contribution in [-0.2, 0) is 0 Å². The molecule has 2 heterocycles. The van der Waals surface area contributed by atoms with E-state index in [1.165, 1.54) is 18.3 Å². The van der Waals surface area contributed by atoms with Crippen molar-refractivity contribution in [3.05, 3.63) is 96.7 Å². The summed E-state index contributed by atoms with van der Waals surface area (Å²) in [6.45, 7) is 3.69. The van der Waals surface area contributed by atoms with Gasteiger partial charge in [0.15, 0.2) is 5.76 Å². The molecule has 38 heavy (non-hydrogen) atoms. The largest absolute Gasteiger partial charge is 0.483 e. The normalized spacial score (nSPS) is 12.4. The average molecular weight is 551 g/mol. The molecule has 2 aromatic heterocycles. The number of benzene rings is 3. The summed E-state index contributed by atoms with van der Waals surface area (Å²) in [7, 11) is 0. The molecule has 0 saturated carbocycles. The van der Waals surface area contributed by atoms with E-state index in [9.17, 15) is 14.9 Å². The number of furan rings is 1. The van der Waals surface area contributed by atoms with Crippen LogP contribution in [0.25, 0.3) is 33.5 Å². The van der Waals surface area contributed by atoms with E-state index < -0.39 is 10.5 Å². The van der Waals surface area contributed by atoms with Gasteiger partial charge in [0.25, 0.3) is 5.56 Å². The first-order valence-corrected chi connectivity index (χ1v) is 12.4. The molecule has 9 nitrogen and oxygen atoms in total. The molecule has 5 rings (SSSR count). The molecule has 1 atom stereocenters. The molecular weight excluding hydrogens is 531 g/mol. The van der Waals surface area contributed by atoms with Gasteiger partial charge in [-0.1, -0.05) is 42.3 Å². The zero-order chi connectivity index (χ0) is 27.0. The number of para-hydroxylation sites is 1. The number of fused-ring (bicyclic) bond motifs is 2. The number of nitrogens with zero attached hydrogens (tertiary/aromatic N) is 4. The molecule has 3 aromatic carbocycles. The summed E-state index contributed by atoms with van der Waals surface area (Å²) >= 11 is 12.5. The molecule has 0 aliphatic heterocycles. The highest BCUT2D eigenvalue weighted by atomic mass is 35.5. The maximum atomic E-state index is 13.5. The summed E-state index contributed by atoms with van der Waals surface area (Å²) in [4.78, 5) is 29.3. The Balaban J connectivity index is 1.66. The molecule has 0 saturated heterocycles. The van der Waals surface area contributed by atoms with Crippen LogP contribution in [0.5, 0.6) is 5.75 Å². The van der Waals surface area contributed by atoms with Gasteiger partial charge in [-0.05, 0) is 55.8 Å². The number of nitro benzene ring substituents is 1. The second kappa shape index (κ2) is 10.3. The van der Waals surface area contributed by atoms with Crippen LogP contribution in [0.15, 0.2) is 75.0 Å². The summed E-state index contributed by atoms with van der Waals surface area (Å²) in [5, 5.41) is 17.8. The Kier molecular flexibility index (Phi) is 6.88. The number of aromatic nitrogens is 2. The van der Waals surface area contributed by atoms with E-state index in [0.717, 1.165) is 10.1 Å². The third-order valence-corrected chi connectivity index (χ3v) is 6.43. The standard InChI is InChI=1S/C27H20Cl2N4O5/c1-3-15(2)37-25-20(29)10-16(11-22(25)33(35)36)14-30-32-26(31-21-7-5-4-6-19(21)27(32)34)24-13-17-12-18(28)8-9-23(17)38-24/h4-15H,3H2,1-2H3/t15-/m0/s1. The highest BCUT2D eigenvalue weighted by molar-refractivity contribution is 6.32. The lowest BCUT2D eigenvalue weighted by Gasteiger charge is -2.14. The van der Waals surface area contributed by atoms with Crippen molar-refractivity contribution in [1.29, 1.82) is 0 Å². The number of halogens is 2. The molecule has 0 spiro atoms. The van der Waals surface area contributed by atoms with Crippen LogP contribution in [0.1, 0.15) is 25.8 Å². The molecule has 0 amide bonds. The Morgan fingerprint density at radius 3 is 2.74 bits per heavy atom. The van der Waals surface area contributed by atoms with Crippen LogP contribution >= 0.6 is 23.2 Å². The first-order chi connectivity index (χ1) is 18.2. The third-order valence-electron chi connectivity index (χ3n) is 5.91. The fraction of sp³-hybridized carbons (Fsp3) is 0.148. The number of ether oxygens (including phenoxy) is 1. The van der Waals surface area contributed by atoms with Crippen molar-refractivity contribution in [3.8, 4) is 17.3 Å². The lowest BCUT2D eigenvalue weighted by molar-refractivity contribution is -0.386. The smallest absolute Gasteiger partial charge is 0.313 e. The molecule has 0 aliphatic rings. The second-order valence-corrected chi connectivity index (χ2v) is 9.40. The Morgan fingerprint density at radius 1 is 1.18 bits per heavy atom. The SMILES string of the molecule is CC[C@H](C)Oc1c(Cl)cc(C=Nn2c(-c3cc4cc(Cl)ccc4o3)nc3ccccc3c2=O)cc1[N+](=O)[O-]. The van der Waals surface area contributed by atoms with E-state index >= 15 is 0 Å². The minimum Gasteiger partial charge on any atom is -0.483 e. The van der Waals surface area contributed by atoms with Gasteiger partial charge in [0, 0.05) is 22.0 Å². The van der Waals surface area contributed by atoms with Crippen molar-refractivity contribution in [3.63, 3.8) is 0 Å². The van der Waals surface area contributed by atoms with Crippen LogP contribution in [0.2, 0.25) is 10.0 Å². The van der Waals surface area contributed by atoms with Gasteiger partial charge in [-0.3, -0.25) is 14.9 Å². The van der Waals surface area contributed by atoms with E-state index in [1.807, 2.05) is 6.92 Å². The van der Waals surface area contributed by atoms with Crippen molar-refractivity contribution < 1.29 is 14.1 Å². The van der Waals surface area contributed by atoms with E-state index in [-0.39, 0.29) is 28.4 Å². The average Bonchev–Trinajstić information content (AvgIpc) is 3.32. The molecule has 0 unspecified atom stereocenters. The molecule has 11 heteroatoms. The molecule has 5 aromatic rings. The Labute approximate surface area is 226 Å². The fourth-order valence-electron chi connectivity index (χ4n) is 3.85. The molecule has 0 bridgehead atoms. The maximum Gasteiger partial charge on any atom is 0.313 e. The topological polar surface area (TPSA) is 113 Å². The first-order valence-electron chi connectivity index (χ1n) is 11.7. The van der Waals surface area contributed by atoms with E-state index in [1.54, 1.807) is 55.5 Å². The number of nitro groups is 1. The maximum absolute atomic E-state index is 13.5. The number of rotatable bonds is 7. The summed E-state index contributed by atoms with van der Waals surface area (Å²) in [5.74, 6) is 0.424. The quantitative estimate of drug-likeness (QED) is 0.121. The first kappa shape index (κ1) is 25.4. The highest BCUT2D eigenvalue weighted by Crippen LogP contribution is 2.37. The van der Waals surface area contributed by atoms with Crippen LogP contribution in [0.4, 0.5) is 5.69 Å². The van der Waals surface area contributed by atoms with Gasteiger partial charge in [-0.25, -0.2) is 4.98 Å². The molecule has 192 valence electrons. The lowest BCUT2D eigenvalue weighted by atomic mass is 10.2. The summed E-state index contributed by atoms with van der Waals surface area (Å²) in [6.07, 6.45) is 1.67. The highest BCUT2D eigenvalue weighted by Gasteiger charge is 2.22. The zero-order valence-corrected chi connectivity index (χ0v) is 21.7. The molecule has 0 fully saturated rings. The lowest BCUT2D eigenvalue weighted by Crippen LogP contribution is -2.20. The van der Waals surface area contributed by atoms with Gasteiger partial charge in [0.2, 0.25) is 11.6 Å². The predicted octanol–water partition coefficient (Wildman–Crippen LogP) is 7.08. The fourth-order valence-corrected chi connectivity index (χ4v) is 4.30. The number of hydrogen-bond donors (Lipinski definition) is 0.